The molecule has 1 heterocycles. The molecule has 2 fully saturated rings. The molecule has 0 radical (unpaired) electrons. The van der Waals surface area contributed by atoms with Gasteiger partial charge < -0.3 is 10.1 Å². The molecule has 0 bridgehead atoms. The van der Waals surface area contributed by atoms with Gasteiger partial charge >= 0.3 is 5.97 Å². The molecule has 6 nitrogen and oxygen atoms in total. The second kappa shape index (κ2) is 11.0. The number of ketones is 1. The summed E-state index contributed by atoms with van der Waals surface area (Å²) in [4.78, 5) is 40.7. The summed E-state index contributed by atoms with van der Waals surface area (Å²) in [6.07, 6.45) is 16.3. The van der Waals surface area contributed by atoms with Gasteiger partial charge in [0.2, 0.25) is 5.91 Å². The van der Waals surface area contributed by atoms with Crippen LogP contribution in [0.1, 0.15) is 91.0 Å². The number of allylic oxidation sites excluding steroid dienone is 3. The molecule has 39 heavy (non-hydrogen) atoms. The molecule has 0 saturated heterocycles. The van der Waals surface area contributed by atoms with Crippen LogP contribution in [-0.4, -0.2) is 35.3 Å². The molecule has 1 amide bonds. The van der Waals surface area contributed by atoms with E-state index in [1.165, 1.54) is 29.6 Å². The van der Waals surface area contributed by atoms with Crippen molar-refractivity contribution in [1.29, 1.82) is 0 Å². The first-order valence-corrected chi connectivity index (χ1v) is 14.9. The largest absolute Gasteiger partial charge is 0.462 e. The lowest BCUT2D eigenvalue weighted by Crippen LogP contribution is -2.50. The van der Waals surface area contributed by atoms with Crippen LogP contribution in [0.4, 0.5) is 0 Å². The zero-order valence-corrected chi connectivity index (χ0v) is 24.0. The van der Waals surface area contributed by atoms with E-state index in [4.69, 9.17) is 4.74 Å². The van der Waals surface area contributed by atoms with Gasteiger partial charge in [-0.25, -0.2) is 0 Å². The summed E-state index contributed by atoms with van der Waals surface area (Å²) < 4.78 is 5.84. The maximum absolute atomic E-state index is 12.5. The van der Waals surface area contributed by atoms with Crippen molar-refractivity contribution in [3.05, 3.63) is 47.8 Å². The van der Waals surface area contributed by atoms with Gasteiger partial charge in [-0.05, 0) is 84.3 Å². The van der Waals surface area contributed by atoms with Crippen LogP contribution < -0.4 is 5.32 Å². The standard InChI is InChI=1S/C33H44N2O4/c1-21(2)29(36)20-35-30(37)11-12-31(38)39-24-13-15-32(3)23(18-24)7-8-25-27-10-9-26(22-6-5-17-34-19-22)33(27,4)16-14-28(25)32/h5-7,9,17,19,21,24-25,27-28H,8,10-16,18,20H2,1-4H3,(H,35,37)/t24-,25-,27-,28-,32-,33+/m0/s1. The molecule has 1 N–H and O–H groups in total. The van der Waals surface area contributed by atoms with Gasteiger partial charge in [0.15, 0.2) is 5.78 Å². The predicted octanol–water partition coefficient (Wildman–Crippen LogP) is 6.07. The van der Waals surface area contributed by atoms with Crippen molar-refractivity contribution in [2.45, 2.75) is 91.6 Å². The number of hydrogen-bond acceptors (Lipinski definition) is 5. The summed E-state index contributed by atoms with van der Waals surface area (Å²) in [5, 5.41) is 2.61. The van der Waals surface area contributed by atoms with E-state index in [9.17, 15) is 14.4 Å². The first-order chi connectivity index (χ1) is 18.6. The smallest absolute Gasteiger partial charge is 0.306 e. The third-order valence-corrected chi connectivity index (χ3v) is 10.6. The van der Waals surface area contributed by atoms with E-state index in [-0.39, 0.29) is 59.9 Å². The van der Waals surface area contributed by atoms with Crippen LogP contribution in [0.15, 0.2) is 42.3 Å². The molecule has 0 aliphatic heterocycles. The van der Waals surface area contributed by atoms with Gasteiger partial charge in [-0.2, -0.15) is 0 Å². The van der Waals surface area contributed by atoms with Crippen LogP contribution in [0, 0.1) is 34.5 Å². The van der Waals surface area contributed by atoms with E-state index in [2.05, 4.69) is 42.4 Å². The summed E-state index contributed by atoms with van der Waals surface area (Å²) in [5.74, 6) is 1.29. The summed E-state index contributed by atoms with van der Waals surface area (Å²) >= 11 is 0. The number of Topliss-reactive ketones (excluding diaryl/α,β-unsaturated/α-hetero) is 1. The fourth-order valence-electron chi connectivity index (χ4n) is 8.20. The van der Waals surface area contributed by atoms with Crippen LogP contribution in [0.5, 0.6) is 0 Å². The fourth-order valence-corrected chi connectivity index (χ4v) is 8.20. The predicted molar refractivity (Wildman–Crippen MR) is 151 cm³/mol. The van der Waals surface area contributed by atoms with Gasteiger partial charge in [-0.1, -0.05) is 51.5 Å². The summed E-state index contributed by atoms with van der Waals surface area (Å²) in [5.41, 5.74) is 4.64. The van der Waals surface area contributed by atoms with Crippen molar-refractivity contribution < 1.29 is 19.1 Å². The topological polar surface area (TPSA) is 85.4 Å². The third kappa shape index (κ3) is 5.36. The Morgan fingerprint density at radius 2 is 1.85 bits per heavy atom. The Bertz CT molecular complexity index is 1170. The number of aromatic nitrogens is 1. The Morgan fingerprint density at radius 1 is 1.05 bits per heavy atom. The summed E-state index contributed by atoms with van der Waals surface area (Å²) in [6.45, 7) is 8.58. The van der Waals surface area contributed by atoms with E-state index < -0.39 is 0 Å². The lowest BCUT2D eigenvalue weighted by atomic mass is 9.47. The molecule has 6 heteroatoms. The number of pyridine rings is 1. The second-order valence-electron chi connectivity index (χ2n) is 13.1. The van der Waals surface area contributed by atoms with Gasteiger partial charge in [0, 0.05) is 31.2 Å². The number of nitrogens with one attached hydrogen (secondary N) is 1. The normalized spacial score (nSPS) is 33.3. The highest BCUT2D eigenvalue weighted by Crippen LogP contribution is 2.66. The zero-order valence-electron chi connectivity index (χ0n) is 24.0. The molecule has 0 aromatic carbocycles. The van der Waals surface area contributed by atoms with Crippen molar-refractivity contribution in [3.63, 3.8) is 0 Å². The minimum atomic E-state index is -0.323. The number of fused-ring (bicyclic) bond motifs is 5. The number of rotatable bonds is 8. The van der Waals surface area contributed by atoms with Gasteiger partial charge in [0.25, 0.3) is 0 Å². The minimum absolute atomic E-state index is 0.0140. The van der Waals surface area contributed by atoms with Crippen molar-refractivity contribution in [1.82, 2.24) is 10.3 Å². The summed E-state index contributed by atoms with van der Waals surface area (Å²) in [7, 11) is 0. The first kappa shape index (κ1) is 27.8. The van der Waals surface area contributed by atoms with Crippen molar-refractivity contribution >= 4 is 23.2 Å². The Morgan fingerprint density at radius 3 is 2.59 bits per heavy atom. The van der Waals surface area contributed by atoms with E-state index in [1.54, 1.807) is 13.8 Å². The van der Waals surface area contributed by atoms with Crippen LogP contribution in [0.2, 0.25) is 0 Å². The van der Waals surface area contributed by atoms with Crippen LogP contribution in [0.3, 0.4) is 0 Å². The van der Waals surface area contributed by atoms with E-state index in [0.717, 1.165) is 32.1 Å². The van der Waals surface area contributed by atoms with Gasteiger partial charge in [0.05, 0.1) is 13.0 Å². The van der Waals surface area contributed by atoms with Crippen molar-refractivity contribution in [2.24, 2.45) is 34.5 Å². The van der Waals surface area contributed by atoms with E-state index in [0.29, 0.717) is 17.8 Å². The highest BCUT2D eigenvalue weighted by Gasteiger charge is 2.57. The average Bonchev–Trinajstić information content (AvgIpc) is 3.28. The highest BCUT2D eigenvalue weighted by atomic mass is 16.5. The molecule has 2 saturated carbocycles. The van der Waals surface area contributed by atoms with E-state index >= 15 is 0 Å². The first-order valence-electron chi connectivity index (χ1n) is 14.9. The Labute approximate surface area is 233 Å². The number of hydrogen-bond donors (Lipinski definition) is 1. The number of ether oxygens (including phenoxy) is 1. The van der Waals surface area contributed by atoms with Crippen LogP contribution in [0.25, 0.3) is 5.57 Å². The number of carbonyl (C=O) groups excluding carboxylic acids is 3. The third-order valence-electron chi connectivity index (χ3n) is 10.6. The Kier molecular flexibility index (Phi) is 7.85. The molecule has 5 rings (SSSR count). The SMILES string of the molecule is CC(C)C(=O)CNC(=O)CCC(=O)O[C@H]1CC[C@@]2(C)C(=CC[C@@H]3[C@@H]2CC[C@]2(C)C(c4cccnc4)=CC[C@@H]32)C1. The van der Waals surface area contributed by atoms with Crippen LogP contribution in [-0.2, 0) is 19.1 Å². The van der Waals surface area contributed by atoms with Crippen LogP contribution >= 0.6 is 0 Å². The van der Waals surface area contributed by atoms with Gasteiger partial charge in [-0.15, -0.1) is 0 Å². The number of nitrogens with zero attached hydrogens (tertiary/aromatic N) is 1. The molecule has 0 unspecified atom stereocenters. The maximum atomic E-state index is 12.5. The molecular formula is C33H44N2O4. The fraction of sp³-hybridized carbons (Fsp3) is 0.636. The lowest BCUT2D eigenvalue weighted by molar-refractivity contribution is -0.152. The highest BCUT2D eigenvalue weighted by molar-refractivity contribution is 5.88. The molecule has 0 spiro atoms. The van der Waals surface area contributed by atoms with Gasteiger partial charge in [-0.3, -0.25) is 19.4 Å². The molecular weight excluding hydrogens is 488 g/mol. The minimum Gasteiger partial charge on any atom is -0.462 e. The second-order valence-corrected chi connectivity index (χ2v) is 13.1. The monoisotopic (exact) mass is 532 g/mol. The number of carbonyl (C=O) groups is 3. The van der Waals surface area contributed by atoms with Crippen molar-refractivity contribution in [2.75, 3.05) is 6.54 Å². The maximum Gasteiger partial charge on any atom is 0.306 e. The molecule has 6 atom stereocenters. The zero-order chi connectivity index (χ0) is 27.8. The molecule has 210 valence electrons. The molecule has 4 aliphatic rings. The van der Waals surface area contributed by atoms with Gasteiger partial charge in [0.1, 0.15) is 6.10 Å². The van der Waals surface area contributed by atoms with Crippen molar-refractivity contribution in [3.8, 4) is 0 Å². The molecule has 1 aromatic heterocycles. The lowest BCUT2D eigenvalue weighted by Gasteiger charge is -2.57. The molecule has 1 aromatic rings. The quantitative estimate of drug-likeness (QED) is 0.324. The molecule has 4 aliphatic carbocycles. The van der Waals surface area contributed by atoms with E-state index in [1.807, 2.05) is 18.5 Å². The number of esters is 1. The summed E-state index contributed by atoms with van der Waals surface area (Å²) in [6, 6.07) is 4.26. The Balaban J connectivity index is 1.17. The average molecular weight is 533 g/mol. The number of amides is 1. The Hall–Kier alpha value is -2.76.